The fourth-order valence-electron chi connectivity index (χ4n) is 10.1. The Labute approximate surface area is 316 Å². The van der Waals surface area contributed by atoms with Crippen molar-refractivity contribution in [3.8, 4) is 27.9 Å². The van der Waals surface area contributed by atoms with Gasteiger partial charge in [-0.1, -0.05) is 170 Å². The van der Waals surface area contributed by atoms with E-state index in [0.29, 0.717) is 0 Å². The van der Waals surface area contributed by atoms with Crippen LogP contribution in [0.1, 0.15) is 0 Å². The lowest BCUT2D eigenvalue weighted by molar-refractivity contribution is 1.19. The summed E-state index contributed by atoms with van der Waals surface area (Å²) < 4.78 is 2.50. The Balaban J connectivity index is 1.10. The SMILES string of the molecule is c1ccc(-n2c3cc(-c4ccc5ccc6cccc7ccc4c5c67)ccc3c3ccc4c(-c5ccc6ccc7cccc8ccc5c6c78)cccc4c32)cc1. The highest BCUT2D eigenvalue weighted by Crippen LogP contribution is 2.45. The summed E-state index contributed by atoms with van der Waals surface area (Å²) in [6.07, 6.45) is 0. The third-order valence-corrected chi connectivity index (χ3v) is 12.5. The first-order valence-corrected chi connectivity index (χ1v) is 19.2. The zero-order valence-corrected chi connectivity index (χ0v) is 29.8. The normalized spacial score (nSPS) is 12.4. The van der Waals surface area contributed by atoms with Crippen molar-refractivity contribution in [3.63, 3.8) is 0 Å². The molecule has 0 N–H and O–H groups in total. The molecule has 0 aliphatic carbocycles. The quantitative estimate of drug-likeness (QED) is 0.162. The van der Waals surface area contributed by atoms with Gasteiger partial charge in [-0.2, -0.15) is 0 Å². The highest BCUT2D eigenvalue weighted by atomic mass is 15.0. The monoisotopic (exact) mass is 693 g/mol. The summed E-state index contributed by atoms with van der Waals surface area (Å²) in [7, 11) is 0. The van der Waals surface area contributed by atoms with Crippen molar-refractivity contribution in [2.45, 2.75) is 0 Å². The second-order valence-corrected chi connectivity index (χ2v) is 15.2. The van der Waals surface area contributed by atoms with Gasteiger partial charge in [0.1, 0.15) is 0 Å². The van der Waals surface area contributed by atoms with Crippen molar-refractivity contribution in [2.75, 3.05) is 0 Å². The smallest absolute Gasteiger partial charge is 0.0619 e. The lowest BCUT2D eigenvalue weighted by atomic mass is 9.88. The van der Waals surface area contributed by atoms with Crippen LogP contribution in [0.3, 0.4) is 0 Å². The van der Waals surface area contributed by atoms with Gasteiger partial charge in [-0.3, -0.25) is 0 Å². The Morgan fingerprint density at radius 1 is 0.273 bits per heavy atom. The van der Waals surface area contributed by atoms with E-state index >= 15 is 0 Å². The first-order valence-electron chi connectivity index (χ1n) is 19.2. The molecule has 0 bridgehead atoms. The summed E-state index contributed by atoms with van der Waals surface area (Å²) in [5.41, 5.74) is 8.64. The van der Waals surface area contributed by atoms with Gasteiger partial charge in [-0.05, 0) is 110 Å². The number of para-hydroxylation sites is 1. The van der Waals surface area contributed by atoms with E-state index in [0.717, 1.165) is 5.69 Å². The summed E-state index contributed by atoms with van der Waals surface area (Å²) in [4.78, 5) is 0. The predicted octanol–water partition coefficient (Wildman–Crippen LogP) is 15.1. The van der Waals surface area contributed by atoms with Crippen LogP contribution >= 0.6 is 0 Å². The van der Waals surface area contributed by atoms with Crippen molar-refractivity contribution in [2.24, 2.45) is 0 Å². The maximum Gasteiger partial charge on any atom is 0.0619 e. The van der Waals surface area contributed by atoms with Crippen LogP contribution in [0.15, 0.2) is 188 Å². The van der Waals surface area contributed by atoms with Gasteiger partial charge in [0.2, 0.25) is 0 Å². The zero-order valence-electron chi connectivity index (χ0n) is 29.8. The number of aromatic nitrogens is 1. The maximum absolute atomic E-state index is 2.50. The van der Waals surface area contributed by atoms with Gasteiger partial charge in [0.15, 0.2) is 0 Å². The molecule has 1 heteroatoms. The molecule has 0 radical (unpaired) electrons. The van der Waals surface area contributed by atoms with E-state index in [1.54, 1.807) is 0 Å². The Morgan fingerprint density at radius 2 is 0.745 bits per heavy atom. The highest BCUT2D eigenvalue weighted by molar-refractivity contribution is 6.28. The molecule has 1 nitrogen and oxygen atoms in total. The average molecular weight is 694 g/mol. The Bertz CT molecular complexity index is 3670. The molecule has 55 heavy (non-hydrogen) atoms. The molecule has 1 aromatic heterocycles. The standard InChI is InChI=1S/C54H31N/c1-2-11-39(12-3-1)55-49-31-38(40-24-19-36-17-15-32-7-4-9-34-21-27-45(40)52(36)50(32)34)23-26-44(49)48-30-29-43-41(13-6-14-47(43)54(48)55)42-25-20-37-18-16-33-8-5-10-35-22-28-46(42)53(37)51(33)35/h1-31H. The van der Waals surface area contributed by atoms with Crippen LogP contribution in [0.25, 0.3) is 125 Å². The van der Waals surface area contributed by atoms with Crippen LogP contribution in [0.5, 0.6) is 0 Å². The Morgan fingerprint density at radius 3 is 1.42 bits per heavy atom. The van der Waals surface area contributed by atoms with E-state index in [1.807, 2.05) is 0 Å². The largest absolute Gasteiger partial charge is 0.309 e. The second-order valence-electron chi connectivity index (χ2n) is 15.2. The average Bonchev–Trinajstić information content (AvgIpc) is 3.59. The number of hydrogen-bond acceptors (Lipinski definition) is 0. The summed E-state index contributed by atoms with van der Waals surface area (Å²) >= 11 is 0. The second kappa shape index (κ2) is 10.7. The molecule has 0 fully saturated rings. The third kappa shape index (κ3) is 3.92. The minimum Gasteiger partial charge on any atom is -0.309 e. The van der Waals surface area contributed by atoms with Crippen molar-refractivity contribution in [1.82, 2.24) is 4.57 Å². The van der Waals surface area contributed by atoms with E-state index < -0.39 is 0 Å². The predicted molar refractivity (Wildman–Crippen MR) is 237 cm³/mol. The van der Waals surface area contributed by atoms with Crippen molar-refractivity contribution < 1.29 is 0 Å². The van der Waals surface area contributed by atoms with Crippen LogP contribution in [-0.2, 0) is 0 Å². The Hall–Kier alpha value is -7.22. The molecule has 1 heterocycles. The van der Waals surface area contributed by atoms with E-state index in [1.165, 1.54) is 119 Å². The Kier molecular flexibility index (Phi) is 5.69. The van der Waals surface area contributed by atoms with Crippen LogP contribution < -0.4 is 0 Å². The molecule has 0 aliphatic rings. The molecule has 0 saturated heterocycles. The number of nitrogens with zero attached hydrogens (tertiary/aromatic N) is 1. The number of rotatable bonds is 3. The van der Waals surface area contributed by atoms with Gasteiger partial charge in [-0.15, -0.1) is 0 Å². The van der Waals surface area contributed by atoms with Gasteiger partial charge in [-0.25, -0.2) is 0 Å². The van der Waals surface area contributed by atoms with Gasteiger partial charge < -0.3 is 4.57 Å². The maximum atomic E-state index is 2.50. The fourth-order valence-corrected chi connectivity index (χ4v) is 10.1. The van der Waals surface area contributed by atoms with Crippen LogP contribution in [0, 0.1) is 0 Å². The fraction of sp³-hybridized carbons (Fsp3) is 0. The molecule has 0 spiro atoms. The molecule has 0 amide bonds. The lowest BCUT2D eigenvalue weighted by Crippen LogP contribution is -1.95. The first-order chi connectivity index (χ1) is 27.3. The topological polar surface area (TPSA) is 4.93 Å². The molecular formula is C54H31N. The number of fused-ring (bicyclic) bond motifs is 5. The highest BCUT2D eigenvalue weighted by Gasteiger charge is 2.20. The first kappa shape index (κ1) is 29.3. The van der Waals surface area contributed by atoms with Crippen molar-refractivity contribution in [3.05, 3.63) is 188 Å². The third-order valence-electron chi connectivity index (χ3n) is 12.5. The summed E-state index contributed by atoms with van der Waals surface area (Å²) in [6, 6.07) is 70.4. The number of hydrogen-bond donors (Lipinski definition) is 0. The van der Waals surface area contributed by atoms with Crippen LogP contribution in [0.2, 0.25) is 0 Å². The summed E-state index contributed by atoms with van der Waals surface area (Å²) in [6.45, 7) is 0. The summed E-state index contributed by atoms with van der Waals surface area (Å²) in [5, 5.41) is 20.8. The molecule has 0 saturated carbocycles. The van der Waals surface area contributed by atoms with Gasteiger partial charge in [0, 0.05) is 21.8 Å². The van der Waals surface area contributed by atoms with E-state index in [9.17, 15) is 0 Å². The molecule has 13 rings (SSSR count). The van der Waals surface area contributed by atoms with Gasteiger partial charge >= 0.3 is 0 Å². The van der Waals surface area contributed by atoms with Crippen molar-refractivity contribution in [1.29, 1.82) is 0 Å². The van der Waals surface area contributed by atoms with E-state index in [-0.39, 0.29) is 0 Å². The van der Waals surface area contributed by atoms with E-state index in [4.69, 9.17) is 0 Å². The molecule has 0 aliphatic heterocycles. The number of benzene rings is 12. The molecular weight excluding hydrogens is 663 g/mol. The molecule has 0 unspecified atom stereocenters. The molecule has 0 atom stereocenters. The van der Waals surface area contributed by atoms with Gasteiger partial charge in [0.05, 0.1) is 11.0 Å². The van der Waals surface area contributed by atoms with Gasteiger partial charge in [0.25, 0.3) is 0 Å². The van der Waals surface area contributed by atoms with E-state index in [2.05, 4.69) is 193 Å². The van der Waals surface area contributed by atoms with Crippen LogP contribution in [-0.4, -0.2) is 4.57 Å². The minimum absolute atomic E-state index is 1.16. The summed E-state index contributed by atoms with van der Waals surface area (Å²) in [5.74, 6) is 0. The molecule has 252 valence electrons. The van der Waals surface area contributed by atoms with Crippen LogP contribution in [0.4, 0.5) is 0 Å². The minimum atomic E-state index is 1.16. The van der Waals surface area contributed by atoms with Crippen molar-refractivity contribution >= 4 is 97.2 Å². The molecule has 13 aromatic rings. The molecule has 12 aromatic carbocycles. The zero-order chi connectivity index (χ0) is 35.8. The lowest BCUT2D eigenvalue weighted by Gasteiger charge is -2.16.